The maximum absolute atomic E-state index is 12.6. The van der Waals surface area contributed by atoms with Crippen molar-refractivity contribution < 1.29 is 4.79 Å². The lowest BCUT2D eigenvalue weighted by Gasteiger charge is -2.35. The van der Waals surface area contributed by atoms with Crippen molar-refractivity contribution >= 4 is 22.9 Å². The first-order valence-electron chi connectivity index (χ1n) is 7.18. The Morgan fingerprint density at radius 1 is 1.30 bits per heavy atom. The monoisotopic (exact) mass is 285 g/mol. The number of carbonyl (C=O) groups is 1. The Morgan fingerprint density at radius 3 is 2.95 bits per heavy atom. The molecule has 2 heterocycles. The van der Waals surface area contributed by atoms with Crippen LogP contribution in [0.4, 0.5) is 5.69 Å². The van der Waals surface area contributed by atoms with E-state index in [1.807, 2.05) is 17.0 Å². The summed E-state index contributed by atoms with van der Waals surface area (Å²) in [7, 11) is 0. The van der Waals surface area contributed by atoms with Gasteiger partial charge in [0, 0.05) is 23.0 Å². The number of fused-ring (bicyclic) bond motifs is 1. The number of nitrogens with zero attached hydrogens (tertiary/aromatic N) is 1. The number of anilines is 1. The van der Waals surface area contributed by atoms with E-state index < -0.39 is 0 Å². The fourth-order valence-corrected chi connectivity index (χ4v) is 3.58. The summed E-state index contributed by atoms with van der Waals surface area (Å²) < 4.78 is 0. The van der Waals surface area contributed by atoms with Crippen molar-refractivity contribution in [2.45, 2.75) is 38.6 Å². The number of hydrogen-bond acceptors (Lipinski definition) is 2. The van der Waals surface area contributed by atoms with Crippen LogP contribution >= 0.6 is 11.3 Å². The van der Waals surface area contributed by atoms with Gasteiger partial charge in [-0.15, -0.1) is 11.3 Å². The average Bonchev–Trinajstić information content (AvgIpc) is 2.98. The van der Waals surface area contributed by atoms with Crippen LogP contribution in [0, 0.1) is 0 Å². The van der Waals surface area contributed by atoms with Crippen molar-refractivity contribution in [3.8, 4) is 0 Å². The number of hydrogen-bond donors (Lipinski definition) is 0. The minimum atomic E-state index is 0.248. The molecule has 20 heavy (non-hydrogen) atoms. The molecule has 2 aromatic rings. The summed E-state index contributed by atoms with van der Waals surface area (Å²) in [5.74, 6) is 0.248. The molecule has 0 bridgehead atoms. The lowest BCUT2D eigenvalue weighted by Crippen LogP contribution is -2.42. The Bertz CT molecular complexity index is 591. The van der Waals surface area contributed by atoms with Crippen molar-refractivity contribution in [2.24, 2.45) is 0 Å². The SMILES string of the molecule is CC1CCc2ccccc2N1C(=O)CCc1cccs1. The molecule has 0 radical (unpaired) electrons. The zero-order chi connectivity index (χ0) is 13.9. The fraction of sp³-hybridized carbons (Fsp3) is 0.353. The molecule has 1 aromatic carbocycles. The molecule has 104 valence electrons. The predicted molar refractivity (Wildman–Crippen MR) is 84.4 cm³/mol. The Balaban J connectivity index is 1.76. The zero-order valence-electron chi connectivity index (χ0n) is 11.7. The number of amides is 1. The van der Waals surface area contributed by atoms with Gasteiger partial charge in [-0.1, -0.05) is 24.3 Å². The molecular formula is C17H19NOS. The van der Waals surface area contributed by atoms with Gasteiger partial charge in [-0.05, 0) is 49.3 Å². The van der Waals surface area contributed by atoms with E-state index in [-0.39, 0.29) is 5.91 Å². The maximum atomic E-state index is 12.6. The molecule has 0 saturated heterocycles. The van der Waals surface area contributed by atoms with Crippen LogP contribution in [0.5, 0.6) is 0 Å². The molecule has 1 aliphatic rings. The summed E-state index contributed by atoms with van der Waals surface area (Å²) in [6.07, 6.45) is 3.58. The summed E-state index contributed by atoms with van der Waals surface area (Å²) in [5.41, 5.74) is 2.41. The molecular weight excluding hydrogens is 266 g/mol. The molecule has 0 spiro atoms. The van der Waals surface area contributed by atoms with E-state index in [0.29, 0.717) is 12.5 Å². The Labute approximate surface area is 124 Å². The zero-order valence-corrected chi connectivity index (χ0v) is 12.5. The van der Waals surface area contributed by atoms with Gasteiger partial charge in [0.15, 0.2) is 0 Å². The van der Waals surface area contributed by atoms with Crippen LogP contribution in [-0.4, -0.2) is 11.9 Å². The standard InChI is InChI=1S/C17H19NOS/c1-13-8-9-14-5-2-3-7-16(14)18(13)17(19)11-10-15-6-4-12-20-15/h2-7,12-13H,8-11H2,1H3. The highest BCUT2D eigenvalue weighted by atomic mass is 32.1. The number of para-hydroxylation sites is 1. The van der Waals surface area contributed by atoms with E-state index in [0.717, 1.165) is 24.9 Å². The second-order valence-corrected chi connectivity index (χ2v) is 6.39. The summed E-state index contributed by atoms with van der Waals surface area (Å²) >= 11 is 1.73. The van der Waals surface area contributed by atoms with Crippen molar-refractivity contribution in [1.29, 1.82) is 0 Å². The maximum Gasteiger partial charge on any atom is 0.227 e. The lowest BCUT2D eigenvalue weighted by atomic mass is 9.96. The first-order chi connectivity index (χ1) is 9.75. The van der Waals surface area contributed by atoms with Crippen LogP contribution in [0.3, 0.4) is 0 Å². The highest BCUT2D eigenvalue weighted by molar-refractivity contribution is 7.09. The van der Waals surface area contributed by atoms with Gasteiger partial charge in [0.1, 0.15) is 0 Å². The van der Waals surface area contributed by atoms with Crippen molar-refractivity contribution in [1.82, 2.24) is 0 Å². The molecule has 2 nitrogen and oxygen atoms in total. The van der Waals surface area contributed by atoms with Crippen LogP contribution < -0.4 is 4.90 Å². The highest BCUT2D eigenvalue weighted by Crippen LogP contribution is 2.31. The first-order valence-corrected chi connectivity index (χ1v) is 8.06. The summed E-state index contributed by atoms with van der Waals surface area (Å²) in [5, 5.41) is 2.07. The molecule has 1 aromatic heterocycles. The second kappa shape index (κ2) is 5.80. The number of benzene rings is 1. The predicted octanol–water partition coefficient (Wildman–Crippen LogP) is 4.05. The second-order valence-electron chi connectivity index (χ2n) is 5.36. The molecule has 1 amide bonds. The number of rotatable bonds is 3. The molecule has 0 N–H and O–H groups in total. The Kier molecular flexibility index (Phi) is 3.88. The molecule has 1 atom stereocenters. The van der Waals surface area contributed by atoms with Gasteiger partial charge in [0.25, 0.3) is 0 Å². The van der Waals surface area contributed by atoms with Gasteiger partial charge in [-0.25, -0.2) is 0 Å². The third-order valence-corrected chi connectivity index (χ3v) is 4.89. The third kappa shape index (κ3) is 2.63. The minimum Gasteiger partial charge on any atom is -0.309 e. The van der Waals surface area contributed by atoms with Gasteiger partial charge in [0.05, 0.1) is 0 Å². The summed E-state index contributed by atoms with van der Waals surface area (Å²) in [6, 6.07) is 12.8. The van der Waals surface area contributed by atoms with E-state index in [9.17, 15) is 4.79 Å². The van der Waals surface area contributed by atoms with Gasteiger partial charge < -0.3 is 4.90 Å². The van der Waals surface area contributed by atoms with Crippen molar-refractivity contribution in [2.75, 3.05) is 4.90 Å². The fourth-order valence-electron chi connectivity index (χ4n) is 2.87. The van der Waals surface area contributed by atoms with E-state index in [1.165, 1.54) is 10.4 Å². The van der Waals surface area contributed by atoms with Crippen LogP contribution in [0.2, 0.25) is 0 Å². The van der Waals surface area contributed by atoms with E-state index in [4.69, 9.17) is 0 Å². The van der Waals surface area contributed by atoms with E-state index >= 15 is 0 Å². The summed E-state index contributed by atoms with van der Waals surface area (Å²) in [4.78, 5) is 15.9. The molecule has 0 fully saturated rings. The first kappa shape index (κ1) is 13.4. The minimum absolute atomic E-state index is 0.248. The quantitative estimate of drug-likeness (QED) is 0.833. The van der Waals surface area contributed by atoms with Gasteiger partial charge in [-0.2, -0.15) is 0 Å². The third-order valence-electron chi connectivity index (χ3n) is 3.96. The van der Waals surface area contributed by atoms with Crippen LogP contribution in [0.25, 0.3) is 0 Å². The number of carbonyl (C=O) groups excluding carboxylic acids is 1. The Morgan fingerprint density at radius 2 is 2.15 bits per heavy atom. The topological polar surface area (TPSA) is 20.3 Å². The average molecular weight is 285 g/mol. The van der Waals surface area contributed by atoms with Crippen LogP contribution in [0.15, 0.2) is 41.8 Å². The normalized spacial score (nSPS) is 17.9. The van der Waals surface area contributed by atoms with Gasteiger partial charge in [0.2, 0.25) is 5.91 Å². The van der Waals surface area contributed by atoms with Gasteiger partial charge >= 0.3 is 0 Å². The Hall–Kier alpha value is -1.61. The van der Waals surface area contributed by atoms with E-state index in [1.54, 1.807) is 11.3 Å². The molecule has 0 aliphatic carbocycles. The lowest BCUT2D eigenvalue weighted by molar-refractivity contribution is -0.119. The van der Waals surface area contributed by atoms with Crippen LogP contribution in [-0.2, 0) is 17.6 Å². The summed E-state index contributed by atoms with van der Waals surface area (Å²) in [6.45, 7) is 2.15. The largest absolute Gasteiger partial charge is 0.309 e. The smallest absolute Gasteiger partial charge is 0.227 e. The van der Waals surface area contributed by atoms with E-state index in [2.05, 4.69) is 36.6 Å². The highest BCUT2D eigenvalue weighted by Gasteiger charge is 2.27. The molecule has 1 unspecified atom stereocenters. The number of thiophene rings is 1. The van der Waals surface area contributed by atoms with Crippen molar-refractivity contribution in [3.05, 3.63) is 52.2 Å². The number of aryl methyl sites for hydroxylation is 2. The van der Waals surface area contributed by atoms with Crippen LogP contribution in [0.1, 0.15) is 30.2 Å². The molecule has 3 rings (SSSR count). The molecule has 3 heteroatoms. The molecule has 1 aliphatic heterocycles. The molecule has 0 saturated carbocycles. The van der Waals surface area contributed by atoms with Gasteiger partial charge in [-0.3, -0.25) is 4.79 Å². The van der Waals surface area contributed by atoms with Crippen molar-refractivity contribution in [3.63, 3.8) is 0 Å².